The van der Waals surface area contributed by atoms with Gasteiger partial charge in [-0.1, -0.05) is 6.42 Å². The van der Waals surface area contributed by atoms with E-state index in [1.165, 1.54) is 12.8 Å². The van der Waals surface area contributed by atoms with Crippen molar-refractivity contribution in [3.05, 3.63) is 0 Å². The predicted octanol–water partition coefficient (Wildman–Crippen LogP) is 1.32. The third-order valence-electron chi connectivity index (χ3n) is 3.66. The number of carbonyl (C=O) groups is 1. The zero-order chi connectivity index (χ0) is 13.5. The third kappa shape index (κ3) is 4.94. The Hall–Kier alpha value is -0.610. The third-order valence-corrected chi connectivity index (χ3v) is 3.66. The van der Waals surface area contributed by atoms with Crippen LogP contribution in [0.1, 0.15) is 39.5 Å². The van der Waals surface area contributed by atoms with E-state index in [1.807, 2.05) is 4.90 Å². The largest absolute Gasteiger partial charge is 0.339 e. The van der Waals surface area contributed by atoms with Gasteiger partial charge in [0.2, 0.25) is 5.91 Å². The van der Waals surface area contributed by atoms with Crippen molar-refractivity contribution < 1.29 is 4.79 Å². The molecule has 2 atom stereocenters. The lowest BCUT2D eigenvalue weighted by atomic mass is 10.0. The van der Waals surface area contributed by atoms with Crippen molar-refractivity contribution in [3.8, 4) is 0 Å². The highest BCUT2D eigenvalue weighted by Crippen LogP contribution is 2.13. The van der Waals surface area contributed by atoms with E-state index in [9.17, 15) is 4.79 Å². The molecule has 0 radical (unpaired) electrons. The minimum atomic E-state index is 0.293. The van der Waals surface area contributed by atoms with Gasteiger partial charge in [0.25, 0.3) is 0 Å². The number of hydrogen-bond acceptors (Lipinski definition) is 3. The monoisotopic (exact) mass is 255 g/mol. The first-order valence-corrected chi connectivity index (χ1v) is 7.22. The van der Waals surface area contributed by atoms with Gasteiger partial charge in [0, 0.05) is 31.6 Å². The van der Waals surface area contributed by atoms with Crippen molar-refractivity contribution in [2.45, 2.75) is 51.6 Å². The lowest BCUT2D eigenvalue weighted by molar-refractivity contribution is -0.133. The van der Waals surface area contributed by atoms with Gasteiger partial charge in [-0.05, 0) is 47.3 Å². The number of amides is 1. The van der Waals surface area contributed by atoms with Gasteiger partial charge in [-0.2, -0.15) is 0 Å². The molecule has 18 heavy (non-hydrogen) atoms. The lowest BCUT2D eigenvalue weighted by Gasteiger charge is -2.32. The maximum atomic E-state index is 12.3. The second-order valence-corrected chi connectivity index (χ2v) is 5.64. The molecule has 1 rings (SSSR count). The first-order chi connectivity index (χ1) is 8.54. The molecule has 1 heterocycles. The molecule has 2 unspecified atom stereocenters. The molecule has 0 saturated carbocycles. The van der Waals surface area contributed by atoms with Gasteiger partial charge in [-0.3, -0.25) is 4.79 Å². The summed E-state index contributed by atoms with van der Waals surface area (Å²) in [5, 5.41) is 3.45. The van der Waals surface area contributed by atoms with Crippen LogP contribution in [-0.2, 0) is 4.79 Å². The molecule has 1 amide bonds. The molecule has 0 aromatic rings. The molecule has 1 aliphatic heterocycles. The molecule has 0 aliphatic carbocycles. The van der Waals surface area contributed by atoms with Crippen molar-refractivity contribution in [2.75, 3.05) is 33.7 Å². The maximum Gasteiger partial charge on any atom is 0.224 e. The molecule has 1 saturated heterocycles. The van der Waals surface area contributed by atoms with Crippen LogP contribution < -0.4 is 5.32 Å². The van der Waals surface area contributed by atoms with E-state index in [0.717, 1.165) is 26.1 Å². The van der Waals surface area contributed by atoms with E-state index in [-0.39, 0.29) is 0 Å². The van der Waals surface area contributed by atoms with Crippen molar-refractivity contribution in [3.63, 3.8) is 0 Å². The highest BCUT2D eigenvalue weighted by Gasteiger charge is 2.23. The van der Waals surface area contributed by atoms with Crippen molar-refractivity contribution in [1.29, 1.82) is 0 Å². The summed E-state index contributed by atoms with van der Waals surface area (Å²) in [4.78, 5) is 16.5. The minimum absolute atomic E-state index is 0.293. The van der Waals surface area contributed by atoms with Crippen molar-refractivity contribution in [1.82, 2.24) is 15.1 Å². The fraction of sp³-hybridized carbons (Fsp3) is 0.929. The van der Waals surface area contributed by atoms with Crippen LogP contribution in [0.15, 0.2) is 0 Å². The van der Waals surface area contributed by atoms with E-state index >= 15 is 0 Å². The molecule has 0 aromatic carbocycles. The molecule has 4 heteroatoms. The number of nitrogens with zero attached hydrogens (tertiary/aromatic N) is 2. The van der Waals surface area contributed by atoms with Crippen LogP contribution in [0.25, 0.3) is 0 Å². The topological polar surface area (TPSA) is 35.6 Å². The first kappa shape index (κ1) is 15.4. The minimum Gasteiger partial charge on any atom is -0.339 e. The van der Waals surface area contributed by atoms with E-state index in [2.05, 4.69) is 38.2 Å². The fourth-order valence-electron chi connectivity index (χ4n) is 2.79. The van der Waals surface area contributed by atoms with Crippen molar-refractivity contribution in [2.24, 2.45) is 0 Å². The number of hydrogen-bond donors (Lipinski definition) is 1. The van der Waals surface area contributed by atoms with Crippen LogP contribution in [0.3, 0.4) is 0 Å². The smallest absolute Gasteiger partial charge is 0.224 e. The number of rotatable bonds is 6. The Kier molecular flexibility index (Phi) is 6.65. The Morgan fingerprint density at radius 1 is 1.39 bits per heavy atom. The fourth-order valence-corrected chi connectivity index (χ4v) is 2.79. The second-order valence-electron chi connectivity index (χ2n) is 5.64. The number of piperidine rings is 1. The Bertz CT molecular complexity index is 249. The van der Waals surface area contributed by atoms with Crippen LogP contribution in [-0.4, -0.2) is 61.5 Å². The van der Waals surface area contributed by atoms with E-state index in [1.54, 1.807) is 0 Å². The van der Waals surface area contributed by atoms with Crippen LogP contribution in [0.4, 0.5) is 0 Å². The molecular formula is C14H29N3O. The van der Waals surface area contributed by atoms with E-state index < -0.39 is 0 Å². The lowest BCUT2D eigenvalue weighted by Crippen LogP contribution is -2.46. The highest BCUT2D eigenvalue weighted by molar-refractivity contribution is 5.77. The van der Waals surface area contributed by atoms with Crippen LogP contribution in [0, 0.1) is 0 Å². The summed E-state index contributed by atoms with van der Waals surface area (Å²) in [6.07, 6.45) is 4.31. The molecular weight excluding hydrogens is 226 g/mol. The predicted molar refractivity (Wildman–Crippen MR) is 75.7 cm³/mol. The van der Waals surface area contributed by atoms with Gasteiger partial charge in [0.15, 0.2) is 0 Å². The summed E-state index contributed by atoms with van der Waals surface area (Å²) < 4.78 is 0. The summed E-state index contributed by atoms with van der Waals surface area (Å²) in [5.41, 5.74) is 0. The summed E-state index contributed by atoms with van der Waals surface area (Å²) in [6.45, 7) is 7.00. The average Bonchev–Trinajstić information content (AvgIpc) is 2.30. The Labute approximate surface area is 112 Å². The van der Waals surface area contributed by atoms with Crippen LogP contribution in [0.5, 0.6) is 0 Å². The van der Waals surface area contributed by atoms with Gasteiger partial charge >= 0.3 is 0 Å². The Morgan fingerprint density at radius 3 is 2.61 bits per heavy atom. The molecule has 106 valence electrons. The molecule has 0 spiro atoms. The van der Waals surface area contributed by atoms with E-state index in [4.69, 9.17) is 0 Å². The molecule has 1 fully saturated rings. The number of carbonyl (C=O) groups excluding carboxylic acids is 1. The Morgan fingerprint density at radius 2 is 2.11 bits per heavy atom. The summed E-state index contributed by atoms with van der Waals surface area (Å²) in [5.74, 6) is 0.297. The molecule has 1 aliphatic rings. The zero-order valence-electron chi connectivity index (χ0n) is 12.4. The Balaban J connectivity index is 2.45. The van der Waals surface area contributed by atoms with Crippen LogP contribution in [0.2, 0.25) is 0 Å². The quantitative estimate of drug-likeness (QED) is 0.777. The zero-order valence-corrected chi connectivity index (χ0v) is 12.4. The normalized spacial score (nSPS) is 21.9. The SMILES string of the molecule is CCN(C(=O)CC1CCCCN1)C(C)CN(C)C. The summed E-state index contributed by atoms with van der Waals surface area (Å²) in [7, 11) is 4.11. The first-order valence-electron chi connectivity index (χ1n) is 7.22. The summed E-state index contributed by atoms with van der Waals surface area (Å²) in [6, 6.07) is 0.688. The standard InChI is InChI=1S/C14H29N3O/c1-5-17(12(2)11-16(3)4)14(18)10-13-8-6-7-9-15-13/h12-13,15H,5-11H2,1-4H3. The van der Waals surface area contributed by atoms with Gasteiger partial charge in [-0.15, -0.1) is 0 Å². The van der Waals surface area contributed by atoms with Crippen LogP contribution >= 0.6 is 0 Å². The maximum absolute atomic E-state index is 12.3. The second kappa shape index (κ2) is 7.74. The van der Waals surface area contributed by atoms with Gasteiger partial charge in [0.05, 0.1) is 0 Å². The average molecular weight is 255 g/mol. The molecule has 1 N–H and O–H groups in total. The molecule has 0 aromatic heterocycles. The number of likely N-dealkylation sites (N-methyl/N-ethyl adjacent to an activating group) is 2. The van der Waals surface area contributed by atoms with Gasteiger partial charge < -0.3 is 15.1 Å². The van der Waals surface area contributed by atoms with Gasteiger partial charge in [-0.25, -0.2) is 0 Å². The molecule has 0 bridgehead atoms. The number of nitrogens with one attached hydrogen (secondary N) is 1. The van der Waals surface area contributed by atoms with Crippen molar-refractivity contribution >= 4 is 5.91 Å². The summed E-state index contributed by atoms with van der Waals surface area (Å²) >= 11 is 0. The highest BCUT2D eigenvalue weighted by atomic mass is 16.2. The molecule has 4 nitrogen and oxygen atoms in total. The van der Waals surface area contributed by atoms with E-state index in [0.29, 0.717) is 24.4 Å². The van der Waals surface area contributed by atoms with Gasteiger partial charge in [0.1, 0.15) is 0 Å².